The first-order valence-corrected chi connectivity index (χ1v) is 12.7. The summed E-state index contributed by atoms with van der Waals surface area (Å²) in [5.74, 6) is -3.12. The molecule has 2 aromatic carbocycles. The Kier molecular flexibility index (Phi) is 9.55. The van der Waals surface area contributed by atoms with Gasteiger partial charge in [0, 0.05) is 12.3 Å². The van der Waals surface area contributed by atoms with Gasteiger partial charge in [0.05, 0.1) is 0 Å². The zero-order valence-corrected chi connectivity index (χ0v) is 21.0. The van der Waals surface area contributed by atoms with Gasteiger partial charge in [-0.15, -0.1) is 0 Å². The van der Waals surface area contributed by atoms with Crippen LogP contribution in [0.5, 0.6) is 0 Å². The van der Waals surface area contributed by atoms with Crippen LogP contribution in [-0.2, 0) is 42.0 Å². The van der Waals surface area contributed by atoms with Crippen LogP contribution in [0, 0.1) is 5.92 Å². The van der Waals surface area contributed by atoms with E-state index in [0.29, 0.717) is 5.56 Å². The molecule has 0 aliphatic heterocycles. The molecule has 1 amide bonds. The van der Waals surface area contributed by atoms with E-state index in [1.54, 1.807) is 74.5 Å². The van der Waals surface area contributed by atoms with Gasteiger partial charge in [0.1, 0.15) is 12.1 Å². The normalized spacial score (nSPS) is 13.6. The molecule has 0 aliphatic rings. The number of carboxylic acid groups (broad SMARTS) is 1. The van der Waals surface area contributed by atoms with Crippen LogP contribution in [-0.4, -0.2) is 48.4 Å². The molecule has 2 rings (SSSR count). The van der Waals surface area contributed by atoms with Crippen LogP contribution in [0.15, 0.2) is 60.7 Å². The van der Waals surface area contributed by atoms with Crippen molar-refractivity contribution in [2.75, 3.05) is 0 Å². The first-order valence-electron chi connectivity index (χ1n) is 11.2. The number of ether oxygens (including phenoxy) is 1. The molecule has 0 aromatic heterocycles. The molecule has 3 N–H and O–H groups in total. The van der Waals surface area contributed by atoms with Gasteiger partial charge in [-0.25, -0.2) is 13.2 Å². The van der Waals surface area contributed by atoms with Gasteiger partial charge in [-0.1, -0.05) is 74.5 Å². The van der Waals surface area contributed by atoms with Crippen LogP contribution < -0.4 is 10.0 Å². The molecule has 0 fully saturated rings. The maximum absolute atomic E-state index is 13.1. The predicted molar refractivity (Wildman–Crippen MR) is 131 cm³/mol. The van der Waals surface area contributed by atoms with Gasteiger partial charge in [0.15, 0.2) is 0 Å². The zero-order chi connectivity index (χ0) is 26.2. The summed E-state index contributed by atoms with van der Waals surface area (Å²) in [6, 6.07) is 14.8. The largest absolute Gasteiger partial charge is 0.480 e. The SMILES string of the molecule is CC(C)C(=O)NC(Cc1ccccc1)C(=O)OC(C)(C)S(=O)(=O)NC(Cc1ccccc1)C(=O)O. The summed E-state index contributed by atoms with van der Waals surface area (Å²) in [6.45, 7) is 5.63. The lowest BCUT2D eigenvalue weighted by atomic mass is 10.0. The van der Waals surface area contributed by atoms with Gasteiger partial charge in [0.25, 0.3) is 10.0 Å². The fraction of sp³-hybridized carbons (Fsp3) is 0.400. The Hall–Kier alpha value is -3.24. The number of carbonyl (C=O) groups excluding carboxylic acids is 2. The Labute approximate surface area is 205 Å². The summed E-state index contributed by atoms with van der Waals surface area (Å²) >= 11 is 0. The summed E-state index contributed by atoms with van der Waals surface area (Å²) in [5, 5.41) is 12.2. The van der Waals surface area contributed by atoms with Crippen LogP contribution >= 0.6 is 0 Å². The van der Waals surface area contributed by atoms with Gasteiger partial charge in [-0.2, -0.15) is 4.72 Å². The molecule has 0 saturated heterocycles. The van der Waals surface area contributed by atoms with Crippen molar-refractivity contribution in [1.82, 2.24) is 10.0 Å². The number of hydrogen-bond acceptors (Lipinski definition) is 6. The molecule has 9 nitrogen and oxygen atoms in total. The quantitative estimate of drug-likeness (QED) is 0.377. The Morgan fingerprint density at radius 2 is 1.34 bits per heavy atom. The average Bonchev–Trinajstić information content (AvgIpc) is 2.78. The van der Waals surface area contributed by atoms with Crippen molar-refractivity contribution in [2.45, 2.75) is 57.6 Å². The van der Waals surface area contributed by atoms with Crippen LogP contribution in [0.3, 0.4) is 0 Å². The zero-order valence-electron chi connectivity index (χ0n) is 20.2. The van der Waals surface area contributed by atoms with E-state index in [1.165, 1.54) is 0 Å². The number of rotatable bonds is 12. The molecule has 2 aromatic rings. The van der Waals surface area contributed by atoms with Crippen molar-refractivity contribution in [2.24, 2.45) is 5.92 Å². The minimum atomic E-state index is -4.46. The summed E-state index contributed by atoms with van der Waals surface area (Å²) < 4.78 is 33.6. The van der Waals surface area contributed by atoms with Crippen LogP contribution in [0.1, 0.15) is 38.8 Å². The Morgan fingerprint density at radius 1 is 0.886 bits per heavy atom. The Morgan fingerprint density at radius 3 is 1.77 bits per heavy atom. The molecule has 190 valence electrons. The second-order valence-corrected chi connectivity index (χ2v) is 11.2. The average molecular weight is 505 g/mol. The van der Waals surface area contributed by atoms with Crippen molar-refractivity contribution in [3.05, 3.63) is 71.8 Å². The summed E-state index contributed by atoms with van der Waals surface area (Å²) in [4.78, 5) is 34.9. The highest BCUT2D eigenvalue weighted by atomic mass is 32.2. The molecule has 0 radical (unpaired) electrons. The van der Waals surface area contributed by atoms with E-state index < -0.39 is 50.8 Å². The van der Waals surface area contributed by atoms with Crippen LogP contribution in [0.4, 0.5) is 0 Å². The van der Waals surface area contributed by atoms with E-state index in [1.807, 2.05) is 0 Å². The smallest absolute Gasteiger partial charge is 0.330 e. The highest BCUT2D eigenvalue weighted by Crippen LogP contribution is 2.20. The van der Waals surface area contributed by atoms with Crippen molar-refractivity contribution in [3.8, 4) is 0 Å². The first kappa shape index (κ1) is 28.0. The molecule has 2 atom stereocenters. The molecular weight excluding hydrogens is 472 g/mol. The number of benzene rings is 2. The van der Waals surface area contributed by atoms with Gasteiger partial charge in [-0.3, -0.25) is 9.59 Å². The summed E-state index contributed by atoms with van der Waals surface area (Å²) in [7, 11) is -4.46. The maximum Gasteiger partial charge on any atom is 0.330 e. The fourth-order valence-corrected chi connectivity index (χ4v) is 4.14. The summed E-state index contributed by atoms with van der Waals surface area (Å²) in [6.07, 6.45) is -0.00600. The number of hydrogen-bond donors (Lipinski definition) is 3. The first-order chi connectivity index (χ1) is 16.3. The monoisotopic (exact) mass is 504 g/mol. The summed E-state index contributed by atoms with van der Waals surface area (Å²) in [5.41, 5.74) is 1.36. The Balaban J connectivity index is 2.21. The number of nitrogens with one attached hydrogen (secondary N) is 2. The molecule has 0 saturated carbocycles. The number of amides is 1. The minimum Gasteiger partial charge on any atom is -0.480 e. The fourth-order valence-electron chi connectivity index (χ4n) is 3.11. The lowest BCUT2D eigenvalue weighted by Crippen LogP contribution is -2.54. The van der Waals surface area contributed by atoms with Crippen molar-refractivity contribution < 1.29 is 32.6 Å². The number of esters is 1. The lowest BCUT2D eigenvalue weighted by Gasteiger charge is -2.29. The number of aliphatic carboxylic acids is 1. The van der Waals surface area contributed by atoms with Gasteiger partial charge < -0.3 is 15.2 Å². The molecule has 10 heteroatoms. The third kappa shape index (κ3) is 8.18. The van der Waals surface area contributed by atoms with E-state index in [9.17, 15) is 27.9 Å². The second-order valence-electron chi connectivity index (χ2n) is 8.93. The lowest BCUT2D eigenvalue weighted by molar-refractivity contribution is -0.154. The van der Waals surface area contributed by atoms with Crippen molar-refractivity contribution in [3.63, 3.8) is 0 Å². The third-order valence-corrected chi connectivity index (χ3v) is 7.25. The second kappa shape index (κ2) is 11.9. The molecule has 0 bridgehead atoms. The van der Waals surface area contributed by atoms with E-state index in [-0.39, 0.29) is 12.8 Å². The number of carbonyl (C=O) groups is 3. The molecule has 0 aliphatic carbocycles. The Bertz CT molecular complexity index is 1120. The molecule has 35 heavy (non-hydrogen) atoms. The van der Waals surface area contributed by atoms with Crippen molar-refractivity contribution >= 4 is 27.9 Å². The van der Waals surface area contributed by atoms with Gasteiger partial charge in [-0.05, 0) is 31.4 Å². The van der Waals surface area contributed by atoms with E-state index in [2.05, 4.69) is 10.0 Å². The molecule has 2 unspecified atom stereocenters. The van der Waals surface area contributed by atoms with Gasteiger partial charge in [0.2, 0.25) is 10.8 Å². The maximum atomic E-state index is 13.1. The van der Waals surface area contributed by atoms with E-state index >= 15 is 0 Å². The van der Waals surface area contributed by atoms with Gasteiger partial charge >= 0.3 is 11.9 Å². The van der Waals surface area contributed by atoms with E-state index in [0.717, 1.165) is 19.4 Å². The van der Waals surface area contributed by atoms with Crippen LogP contribution in [0.2, 0.25) is 0 Å². The standard InChI is InChI=1S/C25H32N2O7S/c1-17(2)22(28)26-21(16-19-13-9-6-10-14-19)24(31)34-25(3,4)35(32,33)27-20(23(29)30)15-18-11-7-5-8-12-18/h5-14,17,20-21,27H,15-16H2,1-4H3,(H,26,28)(H,29,30). The predicted octanol–water partition coefficient (Wildman–Crippen LogP) is 2.26. The highest BCUT2D eigenvalue weighted by Gasteiger charge is 2.42. The topological polar surface area (TPSA) is 139 Å². The number of sulfonamides is 1. The molecular formula is C25H32N2O7S. The molecule has 0 spiro atoms. The van der Waals surface area contributed by atoms with E-state index in [4.69, 9.17) is 4.74 Å². The number of carboxylic acids is 1. The third-order valence-electron chi connectivity index (χ3n) is 5.28. The van der Waals surface area contributed by atoms with Crippen LogP contribution in [0.25, 0.3) is 0 Å². The van der Waals surface area contributed by atoms with Crippen molar-refractivity contribution in [1.29, 1.82) is 0 Å². The molecule has 0 heterocycles. The highest BCUT2D eigenvalue weighted by molar-refractivity contribution is 7.90. The minimum absolute atomic E-state index is 0.0907.